The first-order chi connectivity index (χ1) is 14.3. The Hall–Kier alpha value is -1.31. The molecule has 2 aromatic rings. The normalized spacial score (nSPS) is 9.90. The number of nitrogens with zero attached hydrogens (tertiary/aromatic N) is 1. The van der Waals surface area contributed by atoms with Crippen LogP contribution in [-0.4, -0.2) is 26.4 Å². The van der Waals surface area contributed by atoms with Crippen LogP contribution in [0.4, 0.5) is 15.8 Å². The molecule has 0 aliphatic carbocycles. The molecular weight excluding hydrogens is 384 g/mol. The van der Waals surface area contributed by atoms with Crippen LogP contribution in [0, 0.1) is 5.82 Å². The standard InChI is InChI=1S/C18H21FN.2C4H10O.Li/c1-12(2)14-8-7-9-15(13(3)4)18(14)20-17-11-6-5-10-16(17)19;2*1-3-5-4-2;/h5-13H,1-4H3;2*3-4H2,1-2H3;/q-1;;;+1. The predicted molar refractivity (Wildman–Crippen MR) is 128 cm³/mol. The molecular formula is C26H41FLiNO2. The van der Waals surface area contributed by atoms with Gasteiger partial charge in [0.15, 0.2) is 0 Å². The van der Waals surface area contributed by atoms with Gasteiger partial charge in [0.05, 0.1) is 0 Å². The van der Waals surface area contributed by atoms with Gasteiger partial charge in [0.1, 0.15) is 5.82 Å². The Kier molecular flexibility index (Phi) is 19.9. The van der Waals surface area contributed by atoms with Crippen LogP contribution in [0.1, 0.15) is 78.4 Å². The Bertz CT molecular complexity index is 657. The molecule has 2 aromatic carbocycles. The fourth-order valence-corrected chi connectivity index (χ4v) is 2.71. The van der Waals surface area contributed by atoms with Crippen molar-refractivity contribution < 1.29 is 32.7 Å². The van der Waals surface area contributed by atoms with E-state index < -0.39 is 0 Å². The summed E-state index contributed by atoms with van der Waals surface area (Å²) >= 11 is 0. The summed E-state index contributed by atoms with van der Waals surface area (Å²) in [7, 11) is 0. The number of rotatable bonds is 8. The Morgan fingerprint density at radius 1 is 0.710 bits per heavy atom. The van der Waals surface area contributed by atoms with Gasteiger partial charge in [-0.2, -0.15) is 0 Å². The molecule has 0 fully saturated rings. The molecule has 2 rings (SSSR count). The van der Waals surface area contributed by atoms with Crippen molar-refractivity contribution in [1.82, 2.24) is 0 Å². The molecule has 5 heteroatoms. The smallest absolute Gasteiger partial charge is 0.655 e. The Balaban J connectivity index is 0. The van der Waals surface area contributed by atoms with Gasteiger partial charge >= 0.3 is 18.9 Å². The van der Waals surface area contributed by atoms with E-state index in [-0.39, 0.29) is 24.7 Å². The maximum absolute atomic E-state index is 13.8. The molecule has 0 saturated carbocycles. The van der Waals surface area contributed by atoms with Gasteiger partial charge in [-0.05, 0) is 45.6 Å². The number of ether oxygens (including phenoxy) is 2. The monoisotopic (exact) mass is 425 g/mol. The molecule has 0 amide bonds. The van der Waals surface area contributed by atoms with Crippen LogP contribution >= 0.6 is 0 Å². The minimum atomic E-state index is -0.277. The minimum absolute atomic E-state index is 0. The summed E-state index contributed by atoms with van der Waals surface area (Å²) in [6.45, 7) is 19.9. The Morgan fingerprint density at radius 3 is 1.45 bits per heavy atom. The summed E-state index contributed by atoms with van der Waals surface area (Å²) in [5, 5.41) is 4.61. The zero-order valence-electron chi connectivity index (χ0n) is 21.2. The maximum Gasteiger partial charge on any atom is 1.00 e. The van der Waals surface area contributed by atoms with Gasteiger partial charge in [0.25, 0.3) is 0 Å². The number of hydrogen-bond acceptors (Lipinski definition) is 2. The van der Waals surface area contributed by atoms with E-state index >= 15 is 0 Å². The van der Waals surface area contributed by atoms with E-state index in [0.717, 1.165) is 32.1 Å². The molecule has 0 radical (unpaired) electrons. The van der Waals surface area contributed by atoms with Crippen LogP contribution in [0.3, 0.4) is 0 Å². The van der Waals surface area contributed by atoms with Crippen molar-refractivity contribution in [2.24, 2.45) is 0 Å². The number of para-hydroxylation sites is 2. The van der Waals surface area contributed by atoms with Crippen LogP contribution in [0.15, 0.2) is 42.5 Å². The van der Waals surface area contributed by atoms with E-state index in [4.69, 9.17) is 9.47 Å². The zero-order valence-corrected chi connectivity index (χ0v) is 21.2. The molecule has 0 saturated heterocycles. The molecule has 0 bridgehead atoms. The third-order valence-electron chi connectivity index (χ3n) is 4.24. The second-order valence-corrected chi connectivity index (χ2v) is 7.22. The summed E-state index contributed by atoms with van der Waals surface area (Å²) < 4.78 is 23.5. The van der Waals surface area contributed by atoms with E-state index in [1.54, 1.807) is 12.1 Å². The third-order valence-corrected chi connectivity index (χ3v) is 4.24. The van der Waals surface area contributed by atoms with E-state index in [2.05, 4.69) is 51.2 Å². The van der Waals surface area contributed by atoms with Crippen molar-refractivity contribution in [3.05, 3.63) is 64.7 Å². The molecule has 31 heavy (non-hydrogen) atoms. The van der Waals surface area contributed by atoms with E-state index in [9.17, 15) is 4.39 Å². The summed E-state index contributed by atoms with van der Waals surface area (Å²) in [5.41, 5.74) is 3.66. The van der Waals surface area contributed by atoms with E-state index in [0.29, 0.717) is 17.5 Å². The largest absolute Gasteiger partial charge is 1.00 e. The van der Waals surface area contributed by atoms with Gasteiger partial charge in [-0.15, -0.1) is 5.69 Å². The van der Waals surface area contributed by atoms with Gasteiger partial charge in [-0.25, -0.2) is 4.39 Å². The number of benzene rings is 2. The molecule has 0 unspecified atom stereocenters. The van der Waals surface area contributed by atoms with Crippen LogP contribution in [0.25, 0.3) is 5.32 Å². The van der Waals surface area contributed by atoms with Crippen LogP contribution in [0.5, 0.6) is 0 Å². The third kappa shape index (κ3) is 13.0. The first-order valence-corrected chi connectivity index (χ1v) is 11.1. The topological polar surface area (TPSA) is 32.6 Å². The molecule has 0 heterocycles. The van der Waals surface area contributed by atoms with E-state index in [1.165, 1.54) is 17.2 Å². The summed E-state index contributed by atoms with van der Waals surface area (Å²) in [5.74, 6) is 0.444. The van der Waals surface area contributed by atoms with Crippen molar-refractivity contribution in [1.29, 1.82) is 0 Å². The van der Waals surface area contributed by atoms with Crippen molar-refractivity contribution in [2.75, 3.05) is 26.4 Å². The van der Waals surface area contributed by atoms with Gasteiger partial charge in [-0.3, -0.25) is 0 Å². The fourth-order valence-electron chi connectivity index (χ4n) is 2.71. The number of halogens is 1. The molecule has 0 aliphatic rings. The summed E-state index contributed by atoms with van der Waals surface area (Å²) in [4.78, 5) is 0. The first-order valence-electron chi connectivity index (χ1n) is 11.1. The van der Waals surface area contributed by atoms with E-state index in [1.807, 2.05) is 33.8 Å². The molecule has 0 aliphatic heterocycles. The van der Waals surface area contributed by atoms with Gasteiger partial charge in [0, 0.05) is 26.4 Å². The average molecular weight is 426 g/mol. The quantitative estimate of drug-likeness (QED) is 0.523. The molecule has 0 N–H and O–H groups in total. The first kappa shape index (κ1) is 31.9. The Labute approximate surface area is 202 Å². The molecule has 0 atom stereocenters. The zero-order chi connectivity index (χ0) is 22.9. The van der Waals surface area contributed by atoms with Crippen molar-refractivity contribution >= 4 is 11.4 Å². The summed E-state index contributed by atoms with van der Waals surface area (Å²) in [6.07, 6.45) is 0. The van der Waals surface area contributed by atoms with Crippen molar-refractivity contribution in [2.45, 2.75) is 67.2 Å². The second kappa shape index (κ2) is 19.4. The SMILES string of the molecule is CC(C)c1cccc(C(C)C)c1[N-]c1ccccc1F.CCOCC.CCOCC.[Li+]. The maximum atomic E-state index is 13.8. The Morgan fingerprint density at radius 2 is 1.13 bits per heavy atom. The van der Waals surface area contributed by atoms with Crippen LogP contribution in [-0.2, 0) is 9.47 Å². The summed E-state index contributed by atoms with van der Waals surface area (Å²) in [6, 6.07) is 12.9. The van der Waals surface area contributed by atoms with Gasteiger partial charge < -0.3 is 14.8 Å². The van der Waals surface area contributed by atoms with Crippen molar-refractivity contribution in [3.63, 3.8) is 0 Å². The minimum Gasteiger partial charge on any atom is -0.655 e. The molecule has 0 aromatic heterocycles. The molecule has 170 valence electrons. The fraction of sp³-hybridized carbons (Fsp3) is 0.538. The second-order valence-electron chi connectivity index (χ2n) is 7.22. The van der Waals surface area contributed by atoms with Crippen LogP contribution < -0.4 is 18.9 Å². The van der Waals surface area contributed by atoms with Crippen molar-refractivity contribution in [3.8, 4) is 0 Å². The molecule has 3 nitrogen and oxygen atoms in total. The van der Waals surface area contributed by atoms with Gasteiger partial charge in [-0.1, -0.05) is 80.9 Å². The number of hydrogen-bond donors (Lipinski definition) is 0. The average Bonchev–Trinajstić information content (AvgIpc) is 2.71. The van der Waals surface area contributed by atoms with Crippen LogP contribution in [0.2, 0.25) is 0 Å². The van der Waals surface area contributed by atoms with Gasteiger partial charge in [0.2, 0.25) is 0 Å². The molecule has 0 spiro atoms. The predicted octanol–water partition coefficient (Wildman–Crippen LogP) is 5.50.